The van der Waals surface area contributed by atoms with E-state index in [2.05, 4.69) is 28.7 Å². The van der Waals surface area contributed by atoms with E-state index in [4.69, 9.17) is 9.73 Å². The molecular formula is C28H42N4O3. The fourth-order valence-electron chi connectivity index (χ4n) is 3.06. The van der Waals surface area contributed by atoms with Gasteiger partial charge < -0.3 is 20.1 Å². The number of allylic oxidation sites excluding steroid dienone is 4. The summed E-state index contributed by atoms with van der Waals surface area (Å²) in [7, 11) is 0. The molecule has 0 aromatic heterocycles. The molecule has 0 bridgehead atoms. The van der Waals surface area contributed by atoms with Crippen molar-refractivity contribution in [3.63, 3.8) is 0 Å². The SMILES string of the molecule is C=C(/C=C\C=C(C)C)N=C(N=C(C)N(CC)CC(C)CNC(=O)OC(C)(C)C)c1ccccc1O. The first-order valence-corrected chi connectivity index (χ1v) is 12.0. The molecule has 35 heavy (non-hydrogen) atoms. The number of nitrogens with zero attached hydrogens (tertiary/aromatic N) is 3. The average molecular weight is 483 g/mol. The van der Waals surface area contributed by atoms with E-state index in [-0.39, 0.29) is 11.7 Å². The minimum Gasteiger partial charge on any atom is -0.507 e. The predicted molar refractivity (Wildman–Crippen MR) is 146 cm³/mol. The van der Waals surface area contributed by atoms with Crippen LogP contribution < -0.4 is 5.32 Å². The second kappa shape index (κ2) is 14.1. The Balaban J connectivity index is 3.08. The van der Waals surface area contributed by atoms with Gasteiger partial charge in [0.15, 0.2) is 5.84 Å². The highest BCUT2D eigenvalue weighted by molar-refractivity contribution is 6.08. The van der Waals surface area contributed by atoms with Crippen LogP contribution >= 0.6 is 0 Å². The molecule has 1 unspecified atom stereocenters. The number of hydrogen-bond donors (Lipinski definition) is 2. The van der Waals surface area contributed by atoms with Crippen molar-refractivity contribution < 1.29 is 14.6 Å². The topological polar surface area (TPSA) is 86.5 Å². The van der Waals surface area contributed by atoms with Gasteiger partial charge in [-0.3, -0.25) is 0 Å². The molecule has 0 spiro atoms. The molecule has 7 nitrogen and oxygen atoms in total. The molecule has 0 heterocycles. The number of alkyl carbamates (subject to hydrolysis) is 1. The number of rotatable bonds is 9. The predicted octanol–water partition coefficient (Wildman–Crippen LogP) is 6.08. The summed E-state index contributed by atoms with van der Waals surface area (Å²) >= 11 is 0. The van der Waals surface area contributed by atoms with Crippen LogP contribution in [0.4, 0.5) is 4.79 Å². The zero-order chi connectivity index (χ0) is 26.6. The van der Waals surface area contributed by atoms with Gasteiger partial charge >= 0.3 is 6.09 Å². The molecule has 1 rings (SSSR count). The normalized spacial score (nSPS) is 13.4. The number of aromatic hydroxyl groups is 1. The van der Waals surface area contributed by atoms with E-state index in [1.165, 1.54) is 5.57 Å². The van der Waals surface area contributed by atoms with Crippen molar-refractivity contribution in [2.24, 2.45) is 15.9 Å². The number of amidine groups is 2. The van der Waals surface area contributed by atoms with Crippen molar-refractivity contribution in [2.75, 3.05) is 19.6 Å². The van der Waals surface area contributed by atoms with Gasteiger partial charge in [0, 0.05) is 19.6 Å². The summed E-state index contributed by atoms with van der Waals surface area (Å²) in [5.74, 6) is 1.38. The maximum atomic E-state index is 12.0. The molecule has 0 saturated heterocycles. The lowest BCUT2D eigenvalue weighted by molar-refractivity contribution is 0.0519. The van der Waals surface area contributed by atoms with Gasteiger partial charge in [-0.05, 0) is 72.6 Å². The van der Waals surface area contributed by atoms with Crippen molar-refractivity contribution in [2.45, 2.75) is 61.0 Å². The third-order valence-corrected chi connectivity index (χ3v) is 4.75. The van der Waals surface area contributed by atoms with Crippen LogP contribution in [-0.4, -0.2) is 53.0 Å². The number of carbonyl (C=O) groups excluding carboxylic acids is 1. The molecule has 1 aromatic rings. The van der Waals surface area contributed by atoms with Gasteiger partial charge in [0.25, 0.3) is 0 Å². The largest absolute Gasteiger partial charge is 0.507 e. The van der Waals surface area contributed by atoms with Crippen molar-refractivity contribution in [1.82, 2.24) is 10.2 Å². The Morgan fingerprint density at radius 1 is 1.23 bits per heavy atom. The Labute approximate surface area is 211 Å². The summed E-state index contributed by atoms with van der Waals surface area (Å²) in [6, 6.07) is 6.98. The van der Waals surface area contributed by atoms with Crippen LogP contribution in [-0.2, 0) is 4.74 Å². The monoisotopic (exact) mass is 482 g/mol. The molecular weight excluding hydrogens is 440 g/mol. The lowest BCUT2D eigenvalue weighted by atomic mass is 10.1. The summed E-state index contributed by atoms with van der Waals surface area (Å²) in [6.07, 6.45) is 5.24. The maximum absolute atomic E-state index is 12.0. The zero-order valence-electron chi connectivity index (χ0n) is 22.6. The standard InChI is InChI=1S/C28H42N4O3/c1-10-32(19-21(4)18-29-27(34)35-28(7,8)9)23(6)31-26(24-16-11-12-17-25(24)33)30-22(5)15-13-14-20(2)3/h11-17,21,33H,5,10,18-19H2,1-4,6-9H3,(H,29,34)/b15-13-,30-26?,31-23?. The molecule has 1 atom stereocenters. The van der Waals surface area contributed by atoms with E-state index < -0.39 is 11.7 Å². The van der Waals surface area contributed by atoms with Crippen LogP contribution in [0.2, 0.25) is 0 Å². The van der Waals surface area contributed by atoms with E-state index in [0.29, 0.717) is 30.2 Å². The molecule has 0 aliphatic rings. The number of phenols is 1. The first-order valence-electron chi connectivity index (χ1n) is 12.0. The van der Waals surface area contributed by atoms with Gasteiger partial charge in [-0.25, -0.2) is 14.8 Å². The van der Waals surface area contributed by atoms with Gasteiger partial charge in [-0.1, -0.05) is 43.4 Å². The third-order valence-electron chi connectivity index (χ3n) is 4.75. The van der Waals surface area contributed by atoms with Crippen LogP contribution in [0.25, 0.3) is 0 Å². The highest BCUT2D eigenvalue weighted by Gasteiger charge is 2.18. The quantitative estimate of drug-likeness (QED) is 0.254. The highest BCUT2D eigenvalue weighted by atomic mass is 16.6. The van der Waals surface area contributed by atoms with E-state index in [9.17, 15) is 9.90 Å². The second-order valence-corrected chi connectivity index (χ2v) is 9.73. The Bertz CT molecular complexity index is 980. The lowest BCUT2D eigenvalue weighted by Crippen LogP contribution is -2.39. The summed E-state index contributed by atoms with van der Waals surface area (Å²) in [6.45, 7) is 21.4. The first kappa shape index (κ1) is 29.7. The Hall–Kier alpha value is -3.35. The van der Waals surface area contributed by atoms with Crippen molar-refractivity contribution in [1.29, 1.82) is 0 Å². The smallest absolute Gasteiger partial charge is 0.407 e. The molecule has 0 aliphatic heterocycles. The second-order valence-electron chi connectivity index (χ2n) is 9.73. The average Bonchev–Trinajstić information content (AvgIpc) is 2.74. The minimum atomic E-state index is -0.532. The van der Waals surface area contributed by atoms with Crippen molar-refractivity contribution in [3.05, 3.63) is 65.9 Å². The zero-order valence-corrected chi connectivity index (χ0v) is 22.6. The number of benzene rings is 1. The highest BCUT2D eigenvalue weighted by Crippen LogP contribution is 2.19. The van der Waals surface area contributed by atoms with Crippen molar-refractivity contribution >= 4 is 17.8 Å². The molecule has 1 amide bonds. The van der Waals surface area contributed by atoms with Crippen LogP contribution in [0.5, 0.6) is 5.75 Å². The molecule has 0 fully saturated rings. The van der Waals surface area contributed by atoms with E-state index in [0.717, 1.165) is 12.4 Å². The molecule has 7 heteroatoms. The molecule has 192 valence electrons. The van der Waals surface area contributed by atoms with Gasteiger partial charge in [0.1, 0.15) is 17.2 Å². The van der Waals surface area contributed by atoms with E-state index in [1.54, 1.807) is 24.3 Å². The number of carbonyl (C=O) groups is 1. The summed E-state index contributed by atoms with van der Waals surface area (Å²) in [5.41, 5.74) is 1.69. The number of hydrogen-bond acceptors (Lipinski definition) is 4. The van der Waals surface area contributed by atoms with E-state index in [1.807, 2.05) is 66.7 Å². The summed E-state index contributed by atoms with van der Waals surface area (Å²) in [4.78, 5) is 23.4. The summed E-state index contributed by atoms with van der Waals surface area (Å²) in [5, 5.41) is 13.3. The summed E-state index contributed by atoms with van der Waals surface area (Å²) < 4.78 is 5.31. The van der Waals surface area contributed by atoms with Crippen molar-refractivity contribution in [3.8, 4) is 5.75 Å². The number of amides is 1. The molecule has 0 saturated carbocycles. The fraction of sp³-hybridized carbons (Fsp3) is 0.464. The molecule has 2 N–H and O–H groups in total. The van der Waals surface area contributed by atoms with Gasteiger partial charge in [-0.2, -0.15) is 0 Å². The Kier molecular flexibility index (Phi) is 12.0. The van der Waals surface area contributed by atoms with E-state index >= 15 is 0 Å². The fourth-order valence-corrected chi connectivity index (χ4v) is 3.06. The number of aliphatic imine (C=N–C) groups is 2. The van der Waals surface area contributed by atoms with Gasteiger partial charge in [0.05, 0.1) is 11.3 Å². The van der Waals surface area contributed by atoms with Gasteiger partial charge in [-0.15, -0.1) is 0 Å². The third kappa shape index (κ3) is 12.1. The molecule has 0 aliphatic carbocycles. The van der Waals surface area contributed by atoms with Gasteiger partial charge in [0.2, 0.25) is 0 Å². The Morgan fingerprint density at radius 2 is 1.89 bits per heavy atom. The maximum Gasteiger partial charge on any atom is 0.407 e. The lowest BCUT2D eigenvalue weighted by Gasteiger charge is -2.27. The van der Waals surface area contributed by atoms with Crippen LogP contribution in [0.1, 0.15) is 61.0 Å². The van der Waals surface area contributed by atoms with Crippen LogP contribution in [0, 0.1) is 5.92 Å². The van der Waals surface area contributed by atoms with Crippen LogP contribution in [0.15, 0.2) is 70.3 Å². The number of phenolic OH excluding ortho intramolecular Hbond substituents is 1. The molecule has 0 radical (unpaired) electrons. The number of ether oxygens (including phenoxy) is 1. The molecule has 1 aromatic carbocycles. The first-order chi connectivity index (χ1) is 16.3. The number of nitrogens with one attached hydrogen (secondary N) is 1. The van der Waals surface area contributed by atoms with Crippen LogP contribution in [0.3, 0.4) is 0 Å². The number of para-hydroxylation sites is 1. The minimum absolute atomic E-state index is 0.0989. The Morgan fingerprint density at radius 3 is 2.46 bits per heavy atom.